The first-order valence-electron chi connectivity index (χ1n) is 9.44. The minimum Gasteiger partial charge on any atom is -0.494 e. The van der Waals surface area contributed by atoms with Gasteiger partial charge in [0.1, 0.15) is 5.56 Å². The van der Waals surface area contributed by atoms with Gasteiger partial charge >= 0.3 is 0 Å². The largest absolute Gasteiger partial charge is 0.494 e. The van der Waals surface area contributed by atoms with E-state index in [-0.39, 0.29) is 16.2 Å². The van der Waals surface area contributed by atoms with Crippen molar-refractivity contribution in [3.8, 4) is 11.6 Å². The number of aromatic hydroxyl groups is 1. The molecule has 0 aliphatic carbocycles. The molecule has 160 valence electrons. The summed E-state index contributed by atoms with van der Waals surface area (Å²) < 4.78 is 6.65. The van der Waals surface area contributed by atoms with E-state index in [9.17, 15) is 9.90 Å². The van der Waals surface area contributed by atoms with E-state index in [4.69, 9.17) is 40.2 Å². The van der Waals surface area contributed by atoms with Crippen molar-refractivity contribution in [2.24, 2.45) is 4.99 Å². The van der Waals surface area contributed by atoms with Crippen molar-refractivity contribution < 1.29 is 9.84 Å². The number of benzene rings is 2. The summed E-state index contributed by atoms with van der Waals surface area (Å²) in [7, 11) is 0. The third-order valence-electron chi connectivity index (χ3n) is 4.80. The Balaban J connectivity index is 1.66. The van der Waals surface area contributed by atoms with Crippen LogP contribution < -0.4 is 10.5 Å². The van der Waals surface area contributed by atoms with Gasteiger partial charge in [-0.3, -0.25) is 19.3 Å². The van der Waals surface area contributed by atoms with Crippen LogP contribution in [0.25, 0.3) is 5.69 Å². The molecule has 1 aliphatic rings. The molecule has 2 heterocycles. The molecule has 1 aromatic heterocycles. The number of ether oxygens (including phenoxy) is 1. The van der Waals surface area contributed by atoms with E-state index in [0.29, 0.717) is 34.6 Å². The van der Waals surface area contributed by atoms with Gasteiger partial charge in [-0.1, -0.05) is 23.2 Å². The molecule has 0 radical (unpaired) electrons. The van der Waals surface area contributed by atoms with E-state index in [0.717, 1.165) is 18.8 Å². The lowest BCUT2D eigenvalue weighted by Gasteiger charge is -2.28. The predicted molar refractivity (Wildman–Crippen MR) is 126 cm³/mol. The SMILES string of the molecule is O=c1[nH]c(=S)n(-c2cc(Cl)cc(Cl)c2)c(O)c1C=Nc1ccc(N2CCOCC2)cc1. The van der Waals surface area contributed by atoms with Gasteiger partial charge in [-0.05, 0) is 54.7 Å². The molecular weight excluding hydrogens is 459 g/mol. The number of rotatable bonds is 4. The number of anilines is 1. The number of halogens is 2. The van der Waals surface area contributed by atoms with Gasteiger partial charge in [0.2, 0.25) is 5.88 Å². The maximum Gasteiger partial charge on any atom is 0.264 e. The third-order valence-corrected chi connectivity index (χ3v) is 5.52. The van der Waals surface area contributed by atoms with E-state index in [1.54, 1.807) is 18.2 Å². The summed E-state index contributed by atoms with van der Waals surface area (Å²) in [5, 5.41) is 11.5. The van der Waals surface area contributed by atoms with Crippen LogP contribution in [0.3, 0.4) is 0 Å². The minimum absolute atomic E-state index is 0.00727. The van der Waals surface area contributed by atoms with Gasteiger partial charge in [-0.15, -0.1) is 0 Å². The molecule has 2 aromatic carbocycles. The fourth-order valence-electron chi connectivity index (χ4n) is 3.27. The number of hydrogen-bond acceptors (Lipinski definition) is 6. The van der Waals surface area contributed by atoms with Gasteiger partial charge in [0, 0.05) is 35.0 Å². The Hall–Kier alpha value is -2.65. The quantitative estimate of drug-likeness (QED) is 0.427. The Bertz CT molecular complexity index is 1230. The molecule has 3 aromatic rings. The summed E-state index contributed by atoms with van der Waals surface area (Å²) in [4.78, 5) is 21.5. The third kappa shape index (κ3) is 4.83. The number of aromatic nitrogens is 2. The van der Waals surface area contributed by atoms with Crippen LogP contribution in [-0.4, -0.2) is 47.2 Å². The second-order valence-corrected chi connectivity index (χ2v) is 8.09. The van der Waals surface area contributed by atoms with Gasteiger partial charge in [-0.2, -0.15) is 0 Å². The number of aromatic amines is 1. The van der Waals surface area contributed by atoms with Crippen molar-refractivity contribution in [1.82, 2.24) is 9.55 Å². The lowest BCUT2D eigenvalue weighted by atomic mass is 10.2. The highest BCUT2D eigenvalue weighted by Crippen LogP contribution is 2.26. The molecule has 0 bridgehead atoms. The first-order valence-corrected chi connectivity index (χ1v) is 10.6. The smallest absolute Gasteiger partial charge is 0.264 e. The second kappa shape index (κ2) is 9.23. The Morgan fingerprint density at radius 1 is 1.06 bits per heavy atom. The van der Waals surface area contributed by atoms with Crippen molar-refractivity contribution in [1.29, 1.82) is 0 Å². The van der Waals surface area contributed by atoms with Crippen LogP contribution in [-0.2, 0) is 4.74 Å². The Kier molecular flexibility index (Phi) is 6.43. The Morgan fingerprint density at radius 3 is 2.35 bits per heavy atom. The lowest BCUT2D eigenvalue weighted by molar-refractivity contribution is 0.122. The van der Waals surface area contributed by atoms with Gasteiger partial charge < -0.3 is 14.7 Å². The van der Waals surface area contributed by atoms with Gasteiger partial charge in [0.05, 0.1) is 24.6 Å². The summed E-state index contributed by atoms with van der Waals surface area (Å²) >= 11 is 17.3. The molecule has 0 saturated carbocycles. The zero-order valence-corrected chi connectivity index (χ0v) is 18.5. The van der Waals surface area contributed by atoms with Crippen LogP contribution >= 0.6 is 35.4 Å². The number of nitrogens with zero attached hydrogens (tertiary/aromatic N) is 3. The van der Waals surface area contributed by atoms with Crippen LogP contribution in [0.2, 0.25) is 10.0 Å². The normalized spacial score (nSPS) is 14.3. The number of morpholine rings is 1. The molecule has 31 heavy (non-hydrogen) atoms. The number of H-pyrrole nitrogens is 1. The van der Waals surface area contributed by atoms with E-state index in [1.807, 2.05) is 24.3 Å². The molecule has 0 spiro atoms. The lowest BCUT2D eigenvalue weighted by Crippen LogP contribution is -2.36. The molecule has 0 atom stereocenters. The average molecular weight is 477 g/mol. The van der Waals surface area contributed by atoms with Crippen LogP contribution in [0.5, 0.6) is 5.88 Å². The first kappa shape index (κ1) is 21.6. The highest BCUT2D eigenvalue weighted by molar-refractivity contribution is 7.71. The number of aliphatic imine (C=N–C) groups is 1. The van der Waals surface area contributed by atoms with Gasteiger partial charge in [0.25, 0.3) is 5.56 Å². The molecule has 4 rings (SSSR count). The maximum absolute atomic E-state index is 12.4. The van der Waals surface area contributed by atoms with Crippen molar-refractivity contribution in [2.45, 2.75) is 0 Å². The maximum atomic E-state index is 12.4. The van der Waals surface area contributed by atoms with E-state index in [2.05, 4.69) is 14.9 Å². The first-order chi connectivity index (χ1) is 14.9. The fraction of sp³-hybridized carbons (Fsp3) is 0.190. The summed E-state index contributed by atoms with van der Waals surface area (Å²) in [6.45, 7) is 3.09. The number of nitrogens with one attached hydrogen (secondary N) is 1. The van der Waals surface area contributed by atoms with Crippen molar-refractivity contribution in [2.75, 3.05) is 31.2 Å². The van der Waals surface area contributed by atoms with Crippen LogP contribution in [0.4, 0.5) is 11.4 Å². The molecule has 1 aliphatic heterocycles. The van der Waals surface area contributed by atoms with Crippen molar-refractivity contribution >= 4 is 53.0 Å². The van der Waals surface area contributed by atoms with E-state index >= 15 is 0 Å². The zero-order valence-electron chi connectivity index (χ0n) is 16.2. The van der Waals surface area contributed by atoms with Gasteiger partial charge in [0.15, 0.2) is 4.77 Å². The molecule has 10 heteroatoms. The summed E-state index contributed by atoms with van der Waals surface area (Å²) in [6, 6.07) is 12.3. The monoisotopic (exact) mass is 476 g/mol. The number of hydrogen-bond donors (Lipinski definition) is 2. The standard InChI is InChI=1S/C21H18Cl2N4O3S/c22-13-9-14(23)11-17(10-13)27-20(29)18(19(28)25-21(27)31)12-24-15-1-3-16(4-2-15)26-5-7-30-8-6-26/h1-4,9-12,29H,5-8H2,(H,25,28,31). The van der Waals surface area contributed by atoms with E-state index < -0.39 is 5.56 Å². The molecular formula is C21H18Cl2N4O3S. The summed E-state index contributed by atoms with van der Waals surface area (Å²) in [5.41, 5.74) is 1.54. The average Bonchev–Trinajstić information content (AvgIpc) is 2.74. The Morgan fingerprint density at radius 2 is 1.71 bits per heavy atom. The van der Waals surface area contributed by atoms with Gasteiger partial charge in [-0.25, -0.2) is 0 Å². The van der Waals surface area contributed by atoms with Crippen LogP contribution in [0.1, 0.15) is 5.56 Å². The molecule has 0 amide bonds. The summed E-state index contributed by atoms with van der Waals surface area (Å²) in [6.07, 6.45) is 1.30. The highest BCUT2D eigenvalue weighted by Gasteiger charge is 2.14. The van der Waals surface area contributed by atoms with Crippen molar-refractivity contribution in [3.63, 3.8) is 0 Å². The predicted octanol–water partition coefficient (Wildman–Crippen LogP) is 4.49. The molecule has 7 nitrogen and oxygen atoms in total. The Labute approximate surface area is 193 Å². The summed E-state index contributed by atoms with van der Waals surface area (Å²) in [5.74, 6) is -0.360. The van der Waals surface area contributed by atoms with Crippen LogP contribution in [0.15, 0.2) is 52.3 Å². The second-order valence-electron chi connectivity index (χ2n) is 6.83. The molecule has 0 unspecified atom stereocenters. The molecule has 2 N–H and O–H groups in total. The minimum atomic E-state index is -0.555. The highest BCUT2D eigenvalue weighted by atomic mass is 35.5. The topological polar surface area (TPSA) is 82.8 Å². The molecule has 1 fully saturated rings. The molecule has 1 saturated heterocycles. The van der Waals surface area contributed by atoms with Crippen LogP contribution in [0, 0.1) is 4.77 Å². The van der Waals surface area contributed by atoms with E-state index in [1.165, 1.54) is 10.8 Å². The fourth-order valence-corrected chi connectivity index (χ4v) is 4.07. The zero-order chi connectivity index (χ0) is 22.0. The van der Waals surface area contributed by atoms with Crippen molar-refractivity contribution in [3.05, 3.63) is 73.2 Å².